The third-order valence-electron chi connectivity index (χ3n) is 3.12. The topological polar surface area (TPSA) is 72.0 Å². The van der Waals surface area contributed by atoms with Gasteiger partial charge in [-0.15, -0.1) is 0 Å². The Hall–Kier alpha value is -2.80. The van der Waals surface area contributed by atoms with E-state index >= 15 is 0 Å². The Morgan fingerprint density at radius 2 is 1.65 bits per heavy atom. The van der Waals surface area contributed by atoms with Crippen molar-refractivity contribution in [1.82, 2.24) is 9.97 Å². The summed E-state index contributed by atoms with van der Waals surface area (Å²) >= 11 is 0. The molecular formula is C16H12FN3O2S. The van der Waals surface area contributed by atoms with Crippen LogP contribution in [0.4, 0.5) is 10.2 Å². The lowest BCUT2D eigenvalue weighted by molar-refractivity contribution is 0.599. The van der Waals surface area contributed by atoms with Crippen LogP contribution >= 0.6 is 0 Å². The van der Waals surface area contributed by atoms with Crippen LogP contribution in [0.3, 0.4) is 0 Å². The van der Waals surface area contributed by atoms with Crippen molar-refractivity contribution in [3.63, 3.8) is 0 Å². The molecule has 0 fully saturated rings. The molecule has 0 aliphatic heterocycles. The van der Waals surface area contributed by atoms with Crippen LogP contribution in [0.2, 0.25) is 0 Å². The van der Waals surface area contributed by atoms with Crippen LogP contribution in [-0.4, -0.2) is 18.4 Å². The number of pyridine rings is 2. The number of anilines is 1. The predicted molar refractivity (Wildman–Crippen MR) is 84.7 cm³/mol. The molecule has 7 heteroatoms. The minimum absolute atomic E-state index is 0.0305. The number of halogens is 1. The van der Waals surface area contributed by atoms with E-state index < -0.39 is 15.8 Å². The number of benzene rings is 1. The molecule has 1 N–H and O–H groups in total. The van der Waals surface area contributed by atoms with E-state index in [4.69, 9.17) is 0 Å². The monoisotopic (exact) mass is 329 g/mol. The molecule has 2 aromatic heterocycles. The first-order chi connectivity index (χ1) is 11.0. The summed E-state index contributed by atoms with van der Waals surface area (Å²) in [6.45, 7) is 0. The molecule has 0 amide bonds. The molecule has 0 atom stereocenters. The summed E-state index contributed by atoms with van der Waals surface area (Å²) < 4.78 is 39.6. The van der Waals surface area contributed by atoms with Gasteiger partial charge >= 0.3 is 0 Å². The average Bonchev–Trinajstić information content (AvgIpc) is 2.56. The van der Waals surface area contributed by atoms with Crippen LogP contribution in [0.25, 0.3) is 11.1 Å². The zero-order valence-electron chi connectivity index (χ0n) is 11.8. The lowest BCUT2D eigenvalue weighted by Crippen LogP contribution is -2.13. The minimum Gasteiger partial charge on any atom is -0.264 e. The normalized spacial score (nSPS) is 11.2. The van der Waals surface area contributed by atoms with Crippen molar-refractivity contribution in [2.45, 2.75) is 4.90 Å². The van der Waals surface area contributed by atoms with Crippen molar-refractivity contribution in [3.8, 4) is 11.1 Å². The summed E-state index contributed by atoms with van der Waals surface area (Å²) in [5.74, 6) is -0.315. The van der Waals surface area contributed by atoms with E-state index in [2.05, 4.69) is 14.7 Å². The van der Waals surface area contributed by atoms with E-state index in [1.165, 1.54) is 12.1 Å². The SMILES string of the molecule is O=S(=O)(Nc1ccc(-c2cccnc2)cn1)c1ccc(F)cc1. The summed E-state index contributed by atoms with van der Waals surface area (Å²) in [5.41, 5.74) is 1.70. The maximum Gasteiger partial charge on any atom is 0.263 e. The zero-order chi connectivity index (χ0) is 16.3. The van der Waals surface area contributed by atoms with Crippen LogP contribution in [0, 0.1) is 5.82 Å². The zero-order valence-corrected chi connectivity index (χ0v) is 12.7. The third-order valence-corrected chi connectivity index (χ3v) is 4.49. The third kappa shape index (κ3) is 3.51. The first kappa shape index (κ1) is 15.1. The molecule has 116 valence electrons. The van der Waals surface area contributed by atoms with Gasteiger partial charge in [0, 0.05) is 29.7 Å². The van der Waals surface area contributed by atoms with Crippen LogP contribution in [0.5, 0.6) is 0 Å². The molecule has 3 aromatic rings. The van der Waals surface area contributed by atoms with Crippen LogP contribution in [0.15, 0.2) is 72.0 Å². The molecular weight excluding hydrogens is 317 g/mol. The lowest BCUT2D eigenvalue weighted by atomic mass is 10.1. The highest BCUT2D eigenvalue weighted by atomic mass is 32.2. The molecule has 2 heterocycles. The van der Waals surface area contributed by atoms with E-state index in [-0.39, 0.29) is 10.7 Å². The van der Waals surface area contributed by atoms with Gasteiger partial charge in [-0.05, 0) is 42.5 Å². The Bertz CT molecular complexity index is 896. The highest BCUT2D eigenvalue weighted by Crippen LogP contribution is 2.20. The van der Waals surface area contributed by atoms with Gasteiger partial charge in [-0.1, -0.05) is 6.07 Å². The number of nitrogens with zero attached hydrogens (tertiary/aromatic N) is 2. The number of nitrogens with one attached hydrogen (secondary N) is 1. The van der Waals surface area contributed by atoms with Gasteiger partial charge < -0.3 is 0 Å². The second-order valence-electron chi connectivity index (χ2n) is 4.73. The average molecular weight is 329 g/mol. The van der Waals surface area contributed by atoms with Crippen molar-refractivity contribution in [2.75, 3.05) is 4.72 Å². The second kappa shape index (κ2) is 6.13. The maximum absolute atomic E-state index is 12.9. The standard InChI is InChI=1S/C16H12FN3O2S/c17-14-4-6-15(7-5-14)23(21,22)20-16-8-3-13(11-19-16)12-2-1-9-18-10-12/h1-11H,(H,19,20). The molecule has 0 bridgehead atoms. The highest BCUT2D eigenvalue weighted by molar-refractivity contribution is 7.92. The van der Waals surface area contributed by atoms with Crippen LogP contribution in [-0.2, 0) is 10.0 Å². The Kier molecular flexibility index (Phi) is 4.03. The fourth-order valence-corrected chi connectivity index (χ4v) is 2.98. The Morgan fingerprint density at radius 1 is 0.913 bits per heavy atom. The molecule has 0 unspecified atom stereocenters. The first-order valence-corrected chi connectivity index (χ1v) is 8.18. The second-order valence-corrected chi connectivity index (χ2v) is 6.42. The molecule has 5 nitrogen and oxygen atoms in total. The van der Waals surface area contributed by atoms with E-state index in [1.54, 1.807) is 36.8 Å². The van der Waals surface area contributed by atoms with E-state index in [0.717, 1.165) is 23.3 Å². The van der Waals surface area contributed by atoms with Crippen LogP contribution < -0.4 is 4.72 Å². The van der Waals surface area contributed by atoms with Gasteiger partial charge in [0.2, 0.25) is 0 Å². The number of aromatic nitrogens is 2. The fourth-order valence-electron chi connectivity index (χ4n) is 1.97. The van der Waals surface area contributed by atoms with Gasteiger partial charge in [0.1, 0.15) is 11.6 Å². The Morgan fingerprint density at radius 3 is 2.26 bits per heavy atom. The summed E-state index contributed by atoms with van der Waals surface area (Å²) in [5, 5.41) is 0. The van der Waals surface area contributed by atoms with Crippen LogP contribution in [0.1, 0.15) is 0 Å². The Labute approximate surface area is 132 Å². The molecule has 3 rings (SSSR count). The molecule has 0 aliphatic rings. The van der Waals surface area contributed by atoms with Gasteiger partial charge in [0.05, 0.1) is 4.90 Å². The van der Waals surface area contributed by atoms with Crippen molar-refractivity contribution < 1.29 is 12.8 Å². The quantitative estimate of drug-likeness (QED) is 0.798. The smallest absolute Gasteiger partial charge is 0.263 e. The number of sulfonamides is 1. The molecule has 23 heavy (non-hydrogen) atoms. The molecule has 0 saturated heterocycles. The number of rotatable bonds is 4. The minimum atomic E-state index is -3.80. The summed E-state index contributed by atoms with van der Waals surface area (Å²) in [7, 11) is -3.80. The fraction of sp³-hybridized carbons (Fsp3) is 0. The Balaban J connectivity index is 1.82. The number of hydrogen-bond acceptors (Lipinski definition) is 4. The van der Waals surface area contributed by atoms with E-state index in [0.29, 0.717) is 0 Å². The molecule has 1 aromatic carbocycles. The summed E-state index contributed by atoms with van der Waals surface area (Å²) in [6.07, 6.45) is 4.92. The van der Waals surface area contributed by atoms with E-state index in [9.17, 15) is 12.8 Å². The predicted octanol–water partition coefficient (Wildman–Crippen LogP) is 3.08. The van der Waals surface area contributed by atoms with Gasteiger partial charge in [-0.3, -0.25) is 9.71 Å². The summed E-state index contributed by atoms with van der Waals surface area (Å²) in [6, 6.07) is 11.6. The molecule has 0 aliphatic carbocycles. The van der Waals surface area contributed by atoms with Gasteiger partial charge in [-0.25, -0.2) is 17.8 Å². The molecule has 0 radical (unpaired) electrons. The van der Waals surface area contributed by atoms with Crippen molar-refractivity contribution in [1.29, 1.82) is 0 Å². The van der Waals surface area contributed by atoms with Crippen molar-refractivity contribution in [2.24, 2.45) is 0 Å². The first-order valence-electron chi connectivity index (χ1n) is 6.69. The van der Waals surface area contributed by atoms with Gasteiger partial charge in [0.25, 0.3) is 10.0 Å². The van der Waals surface area contributed by atoms with Crippen molar-refractivity contribution >= 4 is 15.8 Å². The van der Waals surface area contributed by atoms with Gasteiger partial charge in [0.15, 0.2) is 0 Å². The van der Waals surface area contributed by atoms with Crippen molar-refractivity contribution in [3.05, 3.63) is 72.9 Å². The van der Waals surface area contributed by atoms with E-state index in [1.807, 2.05) is 6.07 Å². The largest absolute Gasteiger partial charge is 0.264 e. The molecule has 0 spiro atoms. The summed E-state index contributed by atoms with van der Waals surface area (Å²) in [4.78, 5) is 8.08. The molecule has 0 saturated carbocycles. The van der Waals surface area contributed by atoms with Gasteiger partial charge in [-0.2, -0.15) is 0 Å². The highest BCUT2D eigenvalue weighted by Gasteiger charge is 2.14. The number of hydrogen-bond donors (Lipinski definition) is 1. The maximum atomic E-state index is 12.9. The lowest BCUT2D eigenvalue weighted by Gasteiger charge is -2.08.